The Morgan fingerprint density at radius 3 is 2.81 bits per heavy atom. The fourth-order valence-electron chi connectivity index (χ4n) is 2.46. The van der Waals surface area contributed by atoms with E-state index in [9.17, 15) is 0 Å². The Morgan fingerprint density at radius 2 is 2.00 bits per heavy atom. The first-order valence-electron chi connectivity index (χ1n) is 7.52. The summed E-state index contributed by atoms with van der Waals surface area (Å²) in [6.45, 7) is 4.67. The van der Waals surface area contributed by atoms with Gasteiger partial charge in [0.2, 0.25) is 0 Å². The van der Waals surface area contributed by atoms with Crippen LogP contribution >= 0.6 is 11.8 Å². The van der Waals surface area contributed by atoms with Crippen LogP contribution in [-0.4, -0.2) is 5.75 Å². The van der Waals surface area contributed by atoms with Gasteiger partial charge in [-0.1, -0.05) is 42.5 Å². The lowest BCUT2D eigenvalue weighted by Gasteiger charge is -2.12. The second kappa shape index (κ2) is 6.86. The molecule has 0 radical (unpaired) electrons. The highest BCUT2D eigenvalue weighted by molar-refractivity contribution is 7.99. The number of anilines is 1. The summed E-state index contributed by atoms with van der Waals surface area (Å²) in [5, 5.41) is 3.57. The Hall–Kier alpha value is -1.67. The standard InChI is InChI=1S/C19H21NS/c1-2-12-21-19-9-4-3-8-18(19)20-14-15-6-5-7-17(13-15)16-10-11-16/h2-9,13,16,20H,1,10-12,14H2. The van der Waals surface area contributed by atoms with E-state index in [1.54, 1.807) is 0 Å². The van der Waals surface area contributed by atoms with Crippen LogP contribution in [-0.2, 0) is 6.54 Å². The van der Waals surface area contributed by atoms with Gasteiger partial charge in [-0.25, -0.2) is 0 Å². The molecular weight excluding hydrogens is 274 g/mol. The minimum Gasteiger partial charge on any atom is -0.380 e. The first kappa shape index (κ1) is 14.3. The molecule has 0 aliphatic heterocycles. The van der Waals surface area contributed by atoms with E-state index >= 15 is 0 Å². The van der Waals surface area contributed by atoms with E-state index in [1.807, 2.05) is 17.8 Å². The Balaban J connectivity index is 1.66. The van der Waals surface area contributed by atoms with E-state index in [-0.39, 0.29) is 0 Å². The molecule has 3 rings (SSSR count). The van der Waals surface area contributed by atoms with Crippen LogP contribution in [0.3, 0.4) is 0 Å². The Kier molecular flexibility index (Phi) is 4.66. The Morgan fingerprint density at radius 1 is 1.14 bits per heavy atom. The zero-order valence-electron chi connectivity index (χ0n) is 12.2. The lowest BCUT2D eigenvalue weighted by Crippen LogP contribution is -2.01. The van der Waals surface area contributed by atoms with Gasteiger partial charge >= 0.3 is 0 Å². The van der Waals surface area contributed by atoms with Gasteiger partial charge in [-0.15, -0.1) is 18.3 Å². The molecule has 0 atom stereocenters. The van der Waals surface area contributed by atoms with Gasteiger partial charge in [-0.05, 0) is 42.0 Å². The molecule has 1 fully saturated rings. The van der Waals surface area contributed by atoms with Gasteiger partial charge in [0.1, 0.15) is 0 Å². The summed E-state index contributed by atoms with van der Waals surface area (Å²) in [5.74, 6) is 1.76. The molecule has 1 saturated carbocycles. The van der Waals surface area contributed by atoms with Crippen LogP contribution < -0.4 is 5.32 Å². The van der Waals surface area contributed by atoms with Crippen LogP contribution in [0.15, 0.2) is 66.1 Å². The molecule has 1 nitrogen and oxygen atoms in total. The Labute approximate surface area is 131 Å². The van der Waals surface area contributed by atoms with Crippen molar-refractivity contribution in [3.8, 4) is 0 Å². The Bertz CT molecular complexity index is 616. The van der Waals surface area contributed by atoms with Crippen LogP contribution in [0.5, 0.6) is 0 Å². The highest BCUT2D eigenvalue weighted by Crippen LogP contribution is 2.40. The third-order valence-electron chi connectivity index (χ3n) is 3.73. The van der Waals surface area contributed by atoms with Gasteiger partial charge in [-0.3, -0.25) is 0 Å². The monoisotopic (exact) mass is 295 g/mol. The number of thioether (sulfide) groups is 1. The maximum atomic E-state index is 3.79. The molecule has 1 aliphatic carbocycles. The molecule has 108 valence electrons. The number of hydrogen-bond acceptors (Lipinski definition) is 2. The topological polar surface area (TPSA) is 12.0 Å². The summed E-state index contributed by atoms with van der Waals surface area (Å²) < 4.78 is 0. The normalized spacial score (nSPS) is 13.9. The number of hydrogen-bond donors (Lipinski definition) is 1. The first-order valence-corrected chi connectivity index (χ1v) is 8.51. The average Bonchev–Trinajstić information content (AvgIpc) is 3.37. The van der Waals surface area contributed by atoms with E-state index in [1.165, 1.54) is 34.6 Å². The number of para-hydroxylation sites is 1. The minimum atomic E-state index is 0.820. The molecule has 2 aromatic rings. The smallest absolute Gasteiger partial charge is 0.0481 e. The van der Waals surface area contributed by atoms with Crippen molar-refractivity contribution in [3.63, 3.8) is 0 Å². The molecule has 1 N–H and O–H groups in total. The predicted molar refractivity (Wildman–Crippen MR) is 93.1 cm³/mol. The van der Waals surface area contributed by atoms with E-state index < -0.39 is 0 Å². The molecule has 0 unspecified atom stereocenters. The molecule has 21 heavy (non-hydrogen) atoms. The minimum absolute atomic E-state index is 0.820. The van der Waals surface area contributed by atoms with E-state index in [0.717, 1.165) is 18.2 Å². The predicted octanol–water partition coefficient (Wildman–Crippen LogP) is 5.45. The molecular formula is C19H21NS. The highest BCUT2D eigenvalue weighted by Gasteiger charge is 2.23. The van der Waals surface area contributed by atoms with Gasteiger partial charge in [0.15, 0.2) is 0 Å². The summed E-state index contributed by atoms with van der Waals surface area (Å²) in [6.07, 6.45) is 4.66. The summed E-state index contributed by atoms with van der Waals surface area (Å²) in [5.41, 5.74) is 4.08. The zero-order valence-corrected chi connectivity index (χ0v) is 13.0. The molecule has 0 heterocycles. The average molecular weight is 295 g/mol. The summed E-state index contributed by atoms with van der Waals surface area (Å²) in [4.78, 5) is 1.29. The van der Waals surface area contributed by atoms with Crippen molar-refractivity contribution in [3.05, 3.63) is 72.3 Å². The fourth-order valence-corrected chi connectivity index (χ4v) is 3.23. The van der Waals surface area contributed by atoms with Crippen LogP contribution in [0.4, 0.5) is 5.69 Å². The summed E-state index contributed by atoms with van der Waals surface area (Å²) in [6, 6.07) is 17.5. The van der Waals surface area contributed by atoms with E-state index in [2.05, 4.69) is 60.4 Å². The van der Waals surface area contributed by atoms with Gasteiger partial charge in [0.25, 0.3) is 0 Å². The molecule has 0 bridgehead atoms. The van der Waals surface area contributed by atoms with E-state index in [4.69, 9.17) is 0 Å². The van der Waals surface area contributed by atoms with Crippen molar-refractivity contribution in [1.29, 1.82) is 0 Å². The van der Waals surface area contributed by atoms with Crippen molar-refractivity contribution in [2.24, 2.45) is 0 Å². The maximum absolute atomic E-state index is 3.79. The fraction of sp³-hybridized carbons (Fsp3) is 0.263. The van der Waals surface area contributed by atoms with Crippen molar-refractivity contribution in [2.45, 2.75) is 30.2 Å². The number of nitrogens with one attached hydrogen (secondary N) is 1. The summed E-state index contributed by atoms with van der Waals surface area (Å²) >= 11 is 1.82. The van der Waals surface area contributed by atoms with Crippen LogP contribution in [0.25, 0.3) is 0 Å². The maximum Gasteiger partial charge on any atom is 0.0481 e. The third-order valence-corrected chi connectivity index (χ3v) is 4.80. The second-order valence-corrected chi connectivity index (χ2v) is 6.53. The molecule has 0 amide bonds. The quantitative estimate of drug-likeness (QED) is 0.538. The molecule has 2 heteroatoms. The molecule has 1 aliphatic rings. The first-order chi connectivity index (χ1) is 10.4. The summed E-state index contributed by atoms with van der Waals surface area (Å²) in [7, 11) is 0. The SMILES string of the molecule is C=CCSc1ccccc1NCc1cccc(C2CC2)c1. The lowest BCUT2D eigenvalue weighted by molar-refractivity contribution is 1.08. The van der Waals surface area contributed by atoms with Crippen molar-refractivity contribution < 1.29 is 0 Å². The van der Waals surface area contributed by atoms with Crippen LogP contribution in [0, 0.1) is 0 Å². The van der Waals surface area contributed by atoms with Gasteiger partial charge in [0, 0.05) is 22.9 Å². The zero-order chi connectivity index (χ0) is 14.5. The molecule has 0 aromatic heterocycles. The number of benzene rings is 2. The molecule has 2 aromatic carbocycles. The molecule has 0 saturated heterocycles. The molecule has 0 spiro atoms. The van der Waals surface area contributed by atoms with Gasteiger partial charge in [0.05, 0.1) is 0 Å². The second-order valence-electron chi connectivity index (χ2n) is 5.47. The van der Waals surface area contributed by atoms with Crippen LogP contribution in [0.1, 0.15) is 29.9 Å². The van der Waals surface area contributed by atoms with Gasteiger partial charge in [-0.2, -0.15) is 0 Å². The van der Waals surface area contributed by atoms with Crippen molar-refractivity contribution in [1.82, 2.24) is 0 Å². The van der Waals surface area contributed by atoms with Crippen molar-refractivity contribution in [2.75, 3.05) is 11.1 Å². The lowest BCUT2D eigenvalue weighted by atomic mass is 10.1. The van der Waals surface area contributed by atoms with Crippen LogP contribution in [0.2, 0.25) is 0 Å². The van der Waals surface area contributed by atoms with E-state index in [0.29, 0.717) is 0 Å². The third kappa shape index (κ3) is 3.92. The van der Waals surface area contributed by atoms with Gasteiger partial charge < -0.3 is 5.32 Å². The number of rotatable bonds is 7. The van der Waals surface area contributed by atoms with Crippen molar-refractivity contribution >= 4 is 17.4 Å². The highest BCUT2D eigenvalue weighted by atomic mass is 32.2. The largest absolute Gasteiger partial charge is 0.380 e.